The topological polar surface area (TPSA) is 187 Å². The summed E-state index contributed by atoms with van der Waals surface area (Å²) in [5, 5.41) is -0.242. The molecular formula is C12H6NNa3O9S3. The summed E-state index contributed by atoms with van der Waals surface area (Å²) in [5.41, 5.74) is -0.175. The average Bonchev–Trinajstić information content (AvgIpc) is 2.80. The van der Waals surface area contributed by atoms with Crippen LogP contribution < -0.4 is 88.7 Å². The van der Waals surface area contributed by atoms with Crippen molar-refractivity contribution in [3.63, 3.8) is 0 Å². The molecule has 0 saturated heterocycles. The largest absolute Gasteiger partial charge is 1.00 e. The molecule has 16 heteroatoms. The van der Waals surface area contributed by atoms with Gasteiger partial charge in [0, 0.05) is 16.3 Å². The summed E-state index contributed by atoms with van der Waals surface area (Å²) in [6, 6.07) is 4.21. The first-order valence-electron chi connectivity index (χ1n) is 6.26. The summed E-state index contributed by atoms with van der Waals surface area (Å²) >= 11 is 0. The fraction of sp³-hybridized carbons (Fsp3) is 0. The van der Waals surface area contributed by atoms with Gasteiger partial charge in [0.15, 0.2) is 0 Å². The van der Waals surface area contributed by atoms with Crippen molar-refractivity contribution in [1.29, 1.82) is 0 Å². The first-order chi connectivity index (χ1) is 11.3. The van der Waals surface area contributed by atoms with E-state index in [-0.39, 0.29) is 110 Å². The number of nitrogens with one attached hydrogen (secondary N) is 1. The minimum absolute atomic E-state index is 0. The van der Waals surface area contributed by atoms with E-state index in [0.717, 1.165) is 24.3 Å². The van der Waals surface area contributed by atoms with Gasteiger partial charge in [0.05, 0.1) is 20.2 Å². The predicted molar refractivity (Wildman–Crippen MR) is 79.7 cm³/mol. The Labute approximate surface area is 226 Å². The van der Waals surface area contributed by atoms with Crippen LogP contribution in [-0.4, -0.2) is 43.9 Å². The second-order valence-corrected chi connectivity index (χ2v) is 9.15. The van der Waals surface area contributed by atoms with Gasteiger partial charge in [-0.25, -0.2) is 25.3 Å². The summed E-state index contributed by atoms with van der Waals surface area (Å²) in [7, 11) is -15.1. The Kier molecular flexibility index (Phi) is 9.96. The van der Waals surface area contributed by atoms with Crippen LogP contribution in [0.25, 0.3) is 21.8 Å². The first-order valence-corrected chi connectivity index (χ1v) is 10.5. The van der Waals surface area contributed by atoms with E-state index in [1.165, 1.54) is 0 Å². The zero-order chi connectivity index (χ0) is 18.8. The Balaban J connectivity index is 0.00000243. The van der Waals surface area contributed by atoms with Crippen LogP contribution in [0.2, 0.25) is 0 Å². The summed E-state index contributed by atoms with van der Waals surface area (Å²) in [6.45, 7) is 0. The Hall–Kier alpha value is 0.970. The van der Waals surface area contributed by atoms with Crippen LogP contribution in [0.15, 0.2) is 45.0 Å². The van der Waals surface area contributed by atoms with E-state index < -0.39 is 45.0 Å². The maximum atomic E-state index is 11.4. The van der Waals surface area contributed by atoms with Crippen molar-refractivity contribution < 1.29 is 128 Å². The monoisotopic (exact) mass is 473 g/mol. The van der Waals surface area contributed by atoms with Gasteiger partial charge in [-0.2, -0.15) is 0 Å². The molecule has 0 aliphatic heterocycles. The standard InChI is InChI=1S/C12H9NO9S3.3Na/c14-23(15,16)6-1-2-10-8(3-6)9-4-7(24(17,18)19)5-11(12(9)13-10)25(20,21)22;;;/h1-5,13H,(H,14,15,16)(H,17,18,19)(H,20,21,22);;;/q;3*+1/p-3. The van der Waals surface area contributed by atoms with Crippen LogP contribution in [0.5, 0.6) is 0 Å². The van der Waals surface area contributed by atoms with Crippen LogP contribution in [-0.2, 0) is 30.4 Å². The number of rotatable bonds is 3. The van der Waals surface area contributed by atoms with E-state index in [2.05, 4.69) is 4.98 Å². The third-order valence-corrected chi connectivity index (χ3v) is 5.97. The number of aromatic nitrogens is 1. The molecule has 0 atom stereocenters. The van der Waals surface area contributed by atoms with Crippen LogP contribution in [0.4, 0.5) is 0 Å². The third kappa shape index (κ3) is 5.81. The van der Waals surface area contributed by atoms with E-state index in [1.54, 1.807) is 0 Å². The van der Waals surface area contributed by atoms with E-state index >= 15 is 0 Å². The van der Waals surface area contributed by atoms with Crippen molar-refractivity contribution in [2.75, 3.05) is 0 Å². The van der Waals surface area contributed by atoms with E-state index in [9.17, 15) is 38.9 Å². The predicted octanol–water partition coefficient (Wildman–Crippen LogP) is -8.95. The van der Waals surface area contributed by atoms with Gasteiger partial charge in [0.25, 0.3) is 0 Å². The Bertz CT molecular complexity index is 1360. The van der Waals surface area contributed by atoms with E-state index in [0.29, 0.717) is 6.07 Å². The van der Waals surface area contributed by atoms with Crippen LogP contribution in [0, 0.1) is 0 Å². The van der Waals surface area contributed by atoms with Gasteiger partial charge in [0.1, 0.15) is 30.4 Å². The molecular weight excluding hydrogens is 467 g/mol. The summed E-state index contributed by atoms with van der Waals surface area (Å²) in [4.78, 5) is -0.0775. The second kappa shape index (κ2) is 9.63. The molecule has 1 aromatic heterocycles. The molecule has 0 radical (unpaired) electrons. The van der Waals surface area contributed by atoms with Crippen molar-refractivity contribution in [2.24, 2.45) is 0 Å². The van der Waals surface area contributed by atoms with Crippen molar-refractivity contribution in [3.05, 3.63) is 30.3 Å². The molecule has 0 saturated carbocycles. The average molecular weight is 473 g/mol. The number of aromatic amines is 1. The molecule has 0 aliphatic rings. The maximum Gasteiger partial charge on any atom is 1.00 e. The molecule has 10 nitrogen and oxygen atoms in total. The van der Waals surface area contributed by atoms with Crippen molar-refractivity contribution in [2.45, 2.75) is 14.7 Å². The zero-order valence-electron chi connectivity index (χ0n) is 14.8. The minimum Gasteiger partial charge on any atom is -0.744 e. The van der Waals surface area contributed by atoms with E-state index in [1.807, 2.05) is 0 Å². The van der Waals surface area contributed by atoms with Crippen LogP contribution in [0.1, 0.15) is 0 Å². The fourth-order valence-corrected chi connectivity index (χ4v) is 4.20. The molecule has 3 rings (SSSR count). The molecule has 0 aliphatic carbocycles. The molecule has 1 heterocycles. The SMILES string of the molecule is O=S(=O)([O-])c1ccc2[nH]c3c(S(=O)(=O)[O-])cc(S(=O)(=O)[O-])cc3c2c1.[Na+].[Na+].[Na+]. The molecule has 1 N–H and O–H groups in total. The maximum absolute atomic E-state index is 11.4. The Morgan fingerprint density at radius 1 is 0.643 bits per heavy atom. The summed E-state index contributed by atoms with van der Waals surface area (Å²) in [5.74, 6) is 0. The molecule has 0 unspecified atom stereocenters. The number of benzene rings is 2. The van der Waals surface area contributed by atoms with Gasteiger partial charge in [-0.1, -0.05) is 0 Å². The van der Waals surface area contributed by atoms with Gasteiger partial charge < -0.3 is 18.6 Å². The first kappa shape index (κ1) is 29.0. The Morgan fingerprint density at radius 2 is 1.14 bits per heavy atom. The number of hydrogen-bond donors (Lipinski definition) is 1. The molecule has 28 heavy (non-hydrogen) atoms. The van der Waals surface area contributed by atoms with Crippen LogP contribution in [0.3, 0.4) is 0 Å². The smallest absolute Gasteiger partial charge is 0.744 e. The van der Waals surface area contributed by atoms with Crippen molar-refractivity contribution in [3.8, 4) is 0 Å². The third-order valence-electron chi connectivity index (χ3n) is 3.46. The quantitative estimate of drug-likeness (QED) is 0.285. The van der Waals surface area contributed by atoms with Gasteiger partial charge >= 0.3 is 88.7 Å². The van der Waals surface area contributed by atoms with Gasteiger partial charge in [-0.05, 0) is 30.3 Å². The fourth-order valence-electron chi connectivity index (χ4n) is 2.42. The number of H-pyrrole nitrogens is 1. The molecule has 0 fully saturated rings. The normalized spacial score (nSPS) is 12.1. The molecule has 3 aromatic rings. The van der Waals surface area contributed by atoms with Gasteiger partial charge in [-0.3, -0.25) is 0 Å². The number of fused-ring (bicyclic) bond motifs is 3. The van der Waals surface area contributed by atoms with Crippen LogP contribution >= 0.6 is 0 Å². The minimum atomic E-state index is -5.16. The van der Waals surface area contributed by atoms with Crippen molar-refractivity contribution >= 4 is 52.2 Å². The molecule has 2 aromatic carbocycles. The molecule has 0 bridgehead atoms. The van der Waals surface area contributed by atoms with Crippen molar-refractivity contribution in [1.82, 2.24) is 4.98 Å². The molecule has 134 valence electrons. The van der Waals surface area contributed by atoms with Gasteiger partial charge in [-0.15, -0.1) is 0 Å². The molecule has 0 amide bonds. The molecule has 0 spiro atoms. The number of hydrogen-bond acceptors (Lipinski definition) is 9. The van der Waals surface area contributed by atoms with E-state index in [4.69, 9.17) is 0 Å². The summed E-state index contributed by atoms with van der Waals surface area (Å²) < 4.78 is 101. The second-order valence-electron chi connectivity index (χ2n) is 5.04. The summed E-state index contributed by atoms with van der Waals surface area (Å²) in [6.07, 6.45) is 0. The Morgan fingerprint density at radius 3 is 1.61 bits per heavy atom. The van der Waals surface area contributed by atoms with Gasteiger partial charge in [0.2, 0.25) is 0 Å². The zero-order valence-corrected chi connectivity index (χ0v) is 23.2.